The molecule has 6 nitrogen and oxygen atoms in total. The third-order valence-corrected chi connectivity index (χ3v) is 5.23. The maximum absolute atomic E-state index is 12.3. The molecule has 0 aromatic heterocycles. The molecule has 2 aromatic rings. The summed E-state index contributed by atoms with van der Waals surface area (Å²) in [5.41, 5.74) is 2.91. The van der Waals surface area contributed by atoms with Crippen molar-refractivity contribution in [3.05, 3.63) is 59.7 Å². The van der Waals surface area contributed by atoms with Gasteiger partial charge in [-0.3, -0.25) is 9.69 Å². The Hall–Kier alpha value is -2.83. The molecule has 1 heterocycles. The molecule has 1 aliphatic rings. The Balaban J connectivity index is 1.50. The number of carbonyl (C=O) groups is 1. The molecule has 0 unspecified atom stereocenters. The molecule has 0 atom stereocenters. The number of carbonyl (C=O) groups excluding carboxylic acids is 1. The van der Waals surface area contributed by atoms with Crippen LogP contribution in [-0.4, -0.2) is 57.4 Å². The van der Waals surface area contributed by atoms with Crippen molar-refractivity contribution in [1.82, 2.24) is 4.90 Å². The van der Waals surface area contributed by atoms with Gasteiger partial charge in [0.2, 0.25) is 5.91 Å². The van der Waals surface area contributed by atoms with E-state index in [1.54, 1.807) is 13.2 Å². The standard InChI is InChI=1S/C26H34N2O4/c1-20(2)19-32-24-10-6-22(18-25(24)30-3)7-11-26(29)27-23-8-4-21(5-9-23)12-13-28-14-16-31-17-15-28/h4-11,18,20H,12-17,19H2,1-3H3,(H,27,29). The van der Waals surface area contributed by atoms with Crippen LogP contribution in [0.2, 0.25) is 0 Å². The van der Waals surface area contributed by atoms with Crippen LogP contribution < -0.4 is 14.8 Å². The van der Waals surface area contributed by atoms with Gasteiger partial charge in [0.1, 0.15) is 0 Å². The second-order valence-electron chi connectivity index (χ2n) is 8.34. The molecule has 0 bridgehead atoms. The molecule has 6 heteroatoms. The highest BCUT2D eigenvalue weighted by Crippen LogP contribution is 2.29. The van der Waals surface area contributed by atoms with E-state index >= 15 is 0 Å². The summed E-state index contributed by atoms with van der Waals surface area (Å²) in [5, 5.41) is 2.91. The fraction of sp³-hybridized carbons (Fsp3) is 0.423. The molecule has 0 aliphatic carbocycles. The Bertz CT molecular complexity index is 887. The van der Waals surface area contributed by atoms with Crippen LogP contribution in [-0.2, 0) is 16.0 Å². The lowest BCUT2D eigenvalue weighted by molar-refractivity contribution is -0.111. The van der Waals surface area contributed by atoms with Crippen LogP contribution in [0, 0.1) is 5.92 Å². The van der Waals surface area contributed by atoms with Crippen molar-refractivity contribution in [1.29, 1.82) is 0 Å². The average Bonchev–Trinajstić information content (AvgIpc) is 2.81. The highest BCUT2D eigenvalue weighted by Gasteiger charge is 2.10. The number of nitrogens with zero attached hydrogens (tertiary/aromatic N) is 1. The van der Waals surface area contributed by atoms with Gasteiger partial charge in [-0.25, -0.2) is 0 Å². The number of amides is 1. The van der Waals surface area contributed by atoms with Crippen LogP contribution >= 0.6 is 0 Å². The molecular formula is C26H34N2O4. The van der Waals surface area contributed by atoms with Gasteiger partial charge in [-0.15, -0.1) is 0 Å². The van der Waals surface area contributed by atoms with Crippen molar-refractivity contribution in [3.63, 3.8) is 0 Å². The highest BCUT2D eigenvalue weighted by molar-refractivity contribution is 6.01. The predicted molar refractivity (Wildman–Crippen MR) is 128 cm³/mol. The highest BCUT2D eigenvalue weighted by atomic mass is 16.5. The number of hydrogen-bond acceptors (Lipinski definition) is 5. The smallest absolute Gasteiger partial charge is 0.248 e. The summed E-state index contributed by atoms with van der Waals surface area (Å²) >= 11 is 0. The first-order valence-electron chi connectivity index (χ1n) is 11.2. The van der Waals surface area contributed by atoms with Gasteiger partial charge < -0.3 is 19.5 Å². The third-order valence-electron chi connectivity index (χ3n) is 5.23. The average molecular weight is 439 g/mol. The number of anilines is 1. The van der Waals surface area contributed by atoms with Crippen molar-refractivity contribution in [2.75, 3.05) is 51.9 Å². The summed E-state index contributed by atoms with van der Waals surface area (Å²) in [6.07, 6.45) is 4.28. The van der Waals surface area contributed by atoms with E-state index in [4.69, 9.17) is 14.2 Å². The number of nitrogens with one attached hydrogen (secondary N) is 1. The SMILES string of the molecule is COc1cc(C=CC(=O)Nc2ccc(CCN3CCOCC3)cc2)ccc1OCC(C)C. The third kappa shape index (κ3) is 7.70. The first-order chi connectivity index (χ1) is 15.5. The van der Waals surface area contributed by atoms with Crippen LogP contribution in [0.5, 0.6) is 11.5 Å². The zero-order valence-corrected chi connectivity index (χ0v) is 19.3. The Labute approximate surface area is 191 Å². The van der Waals surface area contributed by atoms with E-state index in [1.807, 2.05) is 30.3 Å². The minimum Gasteiger partial charge on any atom is -0.493 e. The predicted octanol–water partition coefficient (Wildman–Crippen LogP) is 4.26. The van der Waals surface area contributed by atoms with Crippen molar-refractivity contribution in [2.45, 2.75) is 20.3 Å². The number of morpholine rings is 1. The first-order valence-corrected chi connectivity index (χ1v) is 11.2. The van der Waals surface area contributed by atoms with Crippen LogP contribution in [0.1, 0.15) is 25.0 Å². The number of ether oxygens (including phenoxy) is 3. The second-order valence-corrected chi connectivity index (χ2v) is 8.34. The fourth-order valence-electron chi connectivity index (χ4n) is 3.39. The number of benzene rings is 2. The molecule has 1 amide bonds. The Kier molecular flexibility index (Phi) is 9.13. The summed E-state index contributed by atoms with van der Waals surface area (Å²) in [6.45, 7) is 9.49. The minimum atomic E-state index is -0.176. The van der Waals surface area contributed by atoms with Crippen molar-refractivity contribution in [2.24, 2.45) is 5.92 Å². The second kappa shape index (κ2) is 12.3. The number of methoxy groups -OCH3 is 1. The molecule has 1 aliphatic heterocycles. The van der Waals surface area contributed by atoms with Gasteiger partial charge in [0.15, 0.2) is 11.5 Å². The van der Waals surface area contributed by atoms with Crippen LogP contribution in [0.3, 0.4) is 0 Å². The van der Waals surface area contributed by atoms with E-state index in [2.05, 4.69) is 36.2 Å². The van der Waals surface area contributed by atoms with Gasteiger partial charge in [-0.2, -0.15) is 0 Å². The summed E-state index contributed by atoms with van der Waals surface area (Å²) in [4.78, 5) is 14.7. The summed E-state index contributed by atoms with van der Waals surface area (Å²) in [7, 11) is 1.61. The molecule has 0 spiro atoms. The molecule has 0 saturated carbocycles. The van der Waals surface area contributed by atoms with E-state index in [-0.39, 0.29) is 5.91 Å². The van der Waals surface area contributed by atoms with Crippen molar-refractivity contribution < 1.29 is 19.0 Å². The first kappa shape index (κ1) is 23.8. The minimum absolute atomic E-state index is 0.176. The lowest BCUT2D eigenvalue weighted by Gasteiger charge is -2.26. The van der Waals surface area contributed by atoms with Crippen molar-refractivity contribution >= 4 is 17.7 Å². The molecular weight excluding hydrogens is 404 g/mol. The quantitative estimate of drug-likeness (QED) is 0.562. The fourth-order valence-corrected chi connectivity index (χ4v) is 3.39. The summed E-state index contributed by atoms with van der Waals surface area (Å²) in [6, 6.07) is 13.7. The summed E-state index contributed by atoms with van der Waals surface area (Å²) in [5.74, 6) is 1.62. The Morgan fingerprint density at radius 3 is 2.56 bits per heavy atom. The van der Waals surface area contributed by atoms with E-state index < -0.39 is 0 Å². The van der Waals surface area contributed by atoms with Crippen LogP contribution in [0.25, 0.3) is 6.08 Å². The van der Waals surface area contributed by atoms with Crippen LogP contribution in [0.4, 0.5) is 5.69 Å². The lowest BCUT2D eigenvalue weighted by Crippen LogP contribution is -2.37. The topological polar surface area (TPSA) is 60.0 Å². The van der Waals surface area contributed by atoms with E-state index in [9.17, 15) is 4.79 Å². The van der Waals surface area contributed by atoms with Crippen LogP contribution in [0.15, 0.2) is 48.5 Å². The van der Waals surface area contributed by atoms with Gasteiger partial charge in [0.05, 0.1) is 26.9 Å². The van der Waals surface area contributed by atoms with Crippen molar-refractivity contribution in [3.8, 4) is 11.5 Å². The van der Waals surface area contributed by atoms with E-state index in [0.717, 1.165) is 50.5 Å². The largest absolute Gasteiger partial charge is 0.493 e. The molecule has 1 saturated heterocycles. The normalized spacial score (nSPS) is 14.6. The maximum atomic E-state index is 12.3. The van der Waals surface area contributed by atoms with Gasteiger partial charge in [0.25, 0.3) is 0 Å². The van der Waals surface area contributed by atoms with E-state index in [0.29, 0.717) is 24.0 Å². The molecule has 3 rings (SSSR count). The van der Waals surface area contributed by atoms with E-state index in [1.165, 1.54) is 11.6 Å². The maximum Gasteiger partial charge on any atom is 0.248 e. The zero-order valence-electron chi connectivity index (χ0n) is 19.3. The zero-order chi connectivity index (χ0) is 22.8. The number of rotatable bonds is 10. The van der Waals surface area contributed by atoms with Gasteiger partial charge in [-0.05, 0) is 53.8 Å². The molecule has 1 N–H and O–H groups in total. The number of hydrogen-bond donors (Lipinski definition) is 1. The Morgan fingerprint density at radius 1 is 1.12 bits per heavy atom. The van der Waals surface area contributed by atoms with Gasteiger partial charge in [0, 0.05) is 31.4 Å². The van der Waals surface area contributed by atoms with Gasteiger partial charge in [-0.1, -0.05) is 32.0 Å². The molecule has 172 valence electrons. The molecule has 0 radical (unpaired) electrons. The molecule has 1 fully saturated rings. The Morgan fingerprint density at radius 2 is 1.88 bits per heavy atom. The summed E-state index contributed by atoms with van der Waals surface area (Å²) < 4.78 is 16.6. The monoisotopic (exact) mass is 438 g/mol. The lowest BCUT2D eigenvalue weighted by atomic mass is 10.1. The molecule has 2 aromatic carbocycles. The molecule has 32 heavy (non-hydrogen) atoms. The van der Waals surface area contributed by atoms with Gasteiger partial charge >= 0.3 is 0 Å².